The van der Waals surface area contributed by atoms with Crippen molar-refractivity contribution in [3.05, 3.63) is 34.9 Å². The minimum absolute atomic E-state index is 0.587. The zero-order valence-corrected chi connectivity index (χ0v) is 13.0. The molecule has 1 N–H and O–H groups in total. The topological polar surface area (TPSA) is 15.3 Å². The third-order valence-electron chi connectivity index (χ3n) is 5.10. The molecule has 0 saturated carbocycles. The van der Waals surface area contributed by atoms with Gasteiger partial charge in [0, 0.05) is 6.04 Å². The van der Waals surface area contributed by atoms with Gasteiger partial charge in [-0.05, 0) is 88.3 Å². The fraction of sp³-hybridized carbons (Fsp3) is 0.667. The molecule has 1 atom stereocenters. The second-order valence-corrected chi connectivity index (χ2v) is 6.73. The van der Waals surface area contributed by atoms with Gasteiger partial charge in [0.25, 0.3) is 0 Å². The summed E-state index contributed by atoms with van der Waals surface area (Å²) in [7, 11) is 4.48. The number of nitrogens with one attached hydrogen (secondary N) is 1. The van der Waals surface area contributed by atoms with E-state index in [1.165, 1.54) is 51.6 Å². The maximum absolute atomic E-state index is 3.49. The first kappa shape index (κ1) is 14.1. The molecular formula is C18H28N2. The van der Waals surface area contributed by atoms with Gasteiger partial charge in [-0.1, -0.05) is 18.2 Å². The highest BCUT2D eigenvalue weighted by molar-refractivity contribution is 5.35. The number of hydrogen-bond donors (Lipinski definition) is 1. The van der Waals surface area contributed by atoms with Gasteiger partial charge < -0.3 is 10.2 Å². The summed E-state index contributed by atoms with van der Waals surface area (Å²) in [5.41, 5.74) is 4.76. The molecule has 0 amide bonds. The molecule has 1 aliphatic carbocycles. The van der Waals surface area contributed by atoms with Gasteiger partial charge in [-0.15, -0.1) is 0 Å². The Bertz CT molecular complexity index is 447. The molecule has 0 radical (unpaired) electrons. The number of hydrogen-bond acceptors (Lipinski definition) is 2. The van der Waals surface area contributed by atoms with E-state index in [0.29, 0.717) is 6.04 Å². The van der Waals surface area contributed by atoms with E-state index < -0.39 is 0 Å². The van der Waals surface area contributed by atoms with Crippen molar-refractivity contribution in [2.75, 3.05) is 27.2 Å². The van der Waals surface area contributed by atoms with E-state index in [1.54, 1.807) is 16.7 Å². The van der Waals surface area contributed by atoms with Crippen molar-refractivity contribution in [2.45, 2.75) is 44.6 Å². The first-order valence-electron chi connectivity index (χ1n) is 8.24. The molecule has 1 saturated heterocycles. The van der Waals surface area contributed by atoms with Crippen LogP contribution in [0.15, 0.2) is 18.2 Å². The Morgan fingerprint density at radius 1 is 1.05 bits per heavy atom. The van der Waals surface area contributed by atoms with E-state index in [9.17, 15) is 0 Å². The maximum atomic E-state index is 3.49. The second kappa shape index (κ2) is 6.28. The van der Waals surface area contributed by atoms with E-state index in [1.807, 2.05) is 0 Å². The van der Waals surface area contributed by atoms with Crippen LogP contribution in [0.1, 0.15) is 48.4 Å². The van der Waals surface area contributed by atoms with Crippen LogP contribution in [0, 0.1) is 5.92 Å². The molecule has 2 nitrogen and oxygen atoms in total. The normalized spacial score (nSPS) is 21.8. The van der Waals surface area contributed by atoms with Crippen LogP contribution in [0.4, 0.5) is 0 Å². The molecule has 1 aliphatic heterocycles. The summed E-state index contributed by atoms with van der Waals surface area (Å²) in [6.07, 6.45) is 7.93. The SMILES string of the molecule is CN(C)C(c1ccc2c(c1)CCCC2)C1CCNCC1. The standard InChI is InChI=1S/C18H28N2/c1-20(2)18(15-9-11-19-12-10-15)17-8-7-14-5-3-4-6-16(14)13-17/h7-8,13,15,18-19H,3-6,9-12H2,1-2H3. The highest BCUT2D eigenvalue weighted by Gasteiger charge is 2.27. The maximum Gasteiger partial charge on any atom is 0.0371 e. The lowest BCUT2D eigenvalue weighted by Crippen LogP contribution is -2.36. The molecule has 0 spiro atoms. The van der Waals surface area contributed by atoms with Crippen molar-refractivity contribution in [3.63, 3.8) is 0 Å². The predicted octanol–water partition coefficient (Wildman–Crippen LogP) is 3.17. The lowest BCUT2D eigenvalue weighted by molar-refractivity contribution is 0.177. The lowest BCUT2D eigenvalue weighted by atomic mass is 9.82. The van der Waals surface area contributed by atoms with Gasteiger partial charge in [-0.2, -0.15) is 0 Å². The molecule has 110 valence electrons. The van der Waals surface area contributed by atoms with E-state index in [0.717, 1.165) is 5.92 Å². The van der Waals surface area contributed by atoms with Gasteiger partial charge in [0.2, 0.25) is 0 Å². The van der Waals surface area contributed by atoms with Gasteiger partial charge in [0.15, 0.2) is 0 Å². The van der Waals surface area contributed by atoms with Gasteiger partial charge in [-0.25, -0.2) is 0 Å². The molecule has 1 aromatic carbocycles. The van der Waals surface area contributed by atoms with Crippen molar-refractivity contribution in [1.82, 2.24) is 10.2 Å². The van der Waals surface area contributed by atoms with E-state index in [2.05, 4.69) is 42.5 Å². The minimum Gasteiger partial charge on any atom is -0.317 e. The number of nitrogens with zero attached hydrogens (tertiary/aromatic N) is 1. The summed E-state index contributed by atoms with van der Waals surface area (Å²) in [4.78, 5) is 2.43. The van der Waals surface area contributed by atoms with Crippen molar-refractivity contribution in [2.24, 2.45) is 5.92 Å². The summed E-state index contributed by atoms with van der Waals surface area (Å²) in [6.45, 7) is 2.36. The van der Waals surface area contributed by atoms with Crippen molar-refractivity contribution < 1.29 is 0 Å². The summed E-state index contributed by atoms with van der Waals surface area (Å²) >= 11 is 0. The van der Waals surface area contributed by atoms with Crippen LogP contribution in [-0.2, 0) is 12.8 Å². The summed E-state index contributed by atoms with van der Waals surface area (Å²) in [6, 6.07) is 7.91. The summed E-state index contributed by atoms with van der Waals surface area (Å²) < 4.78 is 0. The summed E-state index contributed by atoms with van der Waals surface area (Å²) in [5, 5.41) is 3.49. The highest BCUT2D eigenvalue weighted by Crippen LogP contribution is 2.34. The highest BCUT2D eigenvalue weighted by atomic mass is 15.1. The van der Waals surface area contributed by atoms with Crippen LogP contribution in [0.25, 0.3) is 0 Å². The quantitative estimate of drug-likeness (QED) is 0.909. The zero-order chi connectivity index (χ0) is 13.9. The largest absolute Gasteiger partial charge is 0.317 e. The molecule has 1 heterocycles. The van der Waals surface area contributed by atoms with Crippen molar-refractivity contribution in [3.8, 4) is 0 Å². The number of aryl methyl sites for hydroxylation is 2. The Hall–Kier alpha value is -0.860. The fourth-order valence-corrected chi connectivity index (χ4v) is 4.09. The van der Waals surface area contributed by atoms with E-state index in [4.69, 9.17) is 0 Å². The molecule has 20 heavy (non-hydrogen) atoms. The molecule has 1 unspecified atom stereocenters. The Morgan fingerprint density at radius 2 is 1.75 bits per heavy atom. The fourth-order valence-electron chi connectivity index (χ4n) is 4.09. The molecule has 0 aromatic heterocycles. The van der Waals surface area contributed by atoms with Crippen LogP contribution in [0.3, 0.4) is 0 Å². The lowest BCUT2D eigenvalue weighted by Gasteiger charge is -2.36. The Labute approximate surface area is 123 Å². The van der Waals surface area contributed by atoms with E-state index >= 15 is 0 Å². The smallest absolute Gasteiger partial charge is 0.0371 e. The molecule has 1 fully saturated rings. The molecule has 3 rings (SSSR count). The number of piperidine rings is 1. The third kappa shape index (κ3) is 2.91. The molecule has 0 bridgehead atoms. The zero-order valence-electron chi connectivity index (χ0n) is 13.0. The third-order valence-corrected chi connectivity index (χ3v) is 5.10. The summed E-state index contributed by atoms with van der Waals surface area (Å²) in [5.74, 6) is 0.799. The Balaban J connectivity index is 1.86. The van der Waals surface area contributed by atoms with Crippen LogP contribution >= 0.6 is 0 Å². The molecule has 1 aromatic rings. The first-order valence-corrected chi connectivity index (χ1v) is 8.24. The number of rotatable bonds is 3. The predicted molar refractivity (Wildman–Crippen MR) is 85.1 cm³/mol. The van der Waals surface area contributed by atoms with Gasteiger partial charge in [0.1, 0.15) is 0 Å². The van der Waals surface area contributed by atoms with Gasteiger partial charge >= 0.3 is 0 Å². The average molecular weight is 272 g/mol. The van der Waals surface area contributed by atoms with Crippen molar-refractivity contribution in [1.29, 1.82) is 0 Å². The number of fused-ring (bicyclic) bond motifs is 1. The first-order chi connectivity index (χ1) is 9.75. The van der Waals surface area contributed by atoms with Gasteiger partial charge in [-0.3, -0.25) is 0 Å². The van der Waals surface area contributed by atoms with Crippen LogP contribution in [-0.4, -0.2) is 32.1 Å². The molecule has 2 aliphatic rings. The second-order valence-electron chi connectivity index (χ2n) is 6.73. The minimum atomic E-state index is 0.587. The van der Waals surface area contributed by atoms with Crippen molar-refractivity contribution >= 4 is 0 Å². The van der Waals surface area contributed by atoms with Crippen LogP contribution < -0.4 is 5.32 Å². The van der Waals surface area contributed by atoms with Crippen LogP contribution in [0.2, 0.25) is 0 Å². The molecule has 2 heteroatoms. The van der Waals surface area contributed by atoms with E-state index in [-0.39, 0.29) is 0 Å². The average Bonchev–Trinajstić information content (AvgIpc) is 2.48. The Kier molecular flexibility index (Phi) is 4.42. The monoisotopic (exact) mass is 272 g/mol. The Morgan fingerprint density at radius 3 is 2.45 bits per heavy atom. The number of benzene rings is 1. The molecular weight excluding hydrogens is 244 g/mol. The van der Waals surface area contributed by atoms with Gasteiger partial charge in [0.05, 0.1) is 0 Å². The van der Waals surface area contributed by atoms with Crippen LogP contribution in [0.5, 0.6) is 0 Å².